The predicted molar refractivity (Wildman–Crippen MR) is 174 cm³/mol. The number of allylic oxidation sites excluding steroid dienone is 16. The van der Waals surface area contributed by atoms with Gasteiger partial charge in [-0.25, -0.2) is 0 Å². The van der Waals surface area contributed by atoms with Crippen LogP contribution in [0.3, 0.4) is 0 Å². The Labute approximate surface area is 281 Å². The summed E-state index contributed by atoms with van der Waals surface area (Å²) in [4.78, 5) is 20.4. The van der Waals surface area contributed by atoms with Crippen LogP contribution in [0.15, 0.2) is 97.2 Å². The van der Waals surface area contributed by atoms with Crippen LogP contribution in [0.2, 0.25) is 0 Å². The summed E-state index contributed by atoms with van der Waals surface area (Å²) in [5, 5.41) is 20.4. The van der Waals surface area contributed by atoms with Crippen LogP contribution in [0.25, 0.3) is 0 Å². The van der Waals surface area contributed by atoms with Gasteiger partial charge in [-0.05, 0) is 64.2 Å². The van der Waals surface area contributed by atoms with Crippen LogP contribution >= 0.6 is 0 Å². The molecule has 0 spiro atoms. The van der Waals surface area contributed by atoms with E-state index in [0.717, 1.165) is 64.2 Å². The first kappa shape index (κ1) is 43.6. The second-order valence-electron chi connectivity index (χ2n) is 9.43. The minimum absolute atomic E-state index is 0. The number of aliphatic carboxylic acids is 2. The summed E-state index contributed by atoms with van der Waals surface area (Å²) >= 11 is 0. The number of rotatable bonds is 24. The maximum absolute atomic E-state index is 10.2. The number of unbranched alkanes of at least 4 members (excludes halogenated alkanes) is 10. The zero-order valence-electron chi connectivity index (χ0n) is 25.9. The van der Waals surface area contributed by atoms with E-state index in [2.05, 4.69) is 62.5 Å². The van der Waals surface area contributed by atoms with E-state index in [-0.39, 0.29) is 50.6 Å². The molecule has 0 amide bonds. The Morgan fingerprint density at radius 1 is 0.415 bits per heavy atom. The van der Waals surface area contributed by atoms with Crippen molar-refractivity contribution < 1.29 is 19.8 Å². The van der Waals surface area contributed by atoms with Crippen molar-refractivity contribution in [1.29, 1.82) is 0 Å². The Balaban J connectivity index is -0.000000688. The van der Waals surface area contributed by atoms with Crippen LogP contribution in [-0.4, -0.2) is 49.7 Å². The van der Waals surface area contributed by atoms with Crippen molar-refractivity contribution in [2.24, 2.45) is 0 Å². The molecule has 5 heteroatoms. The molecule has 0 aromatic heterocycles. The van der Waals surface area contributed by atoms with Crippen LogP contribution in [-0.2, 0) is 9.59 Å². The zero-order valence-corrected chi connectivity index (χ0v) is 28.1. The second-order valence-corrected chi connectivity index (χ2v) is 9.43. The van der Waals surface area contributed by atoms with Crippen molar-refractivity contribution in [3.05, 3.63) is 97.2 Å². The molecule has 4 nitrogen and oxygen atoms in total. The van der Waals surface area contributed by atoms with Crippen molar-refractivity contribution >= 4 is 49.7 Å². The monoisotopic (exact) mass is 590 g/mol. The first-order valence-corrected chi connectivity index (χ1v) is 15.2. The fourth-order valence-electron chi connectivity index (χ4n) is 3.42. The first-order valence-electron chi connectivity index (χ1n) is 15.2. The number of carboxylic acids is 2. The number of hydrogen-bond donors (Lipinski definition) is 0. The van der Waals surface area contributed by atoms with Gasteiger partial charge in [-0.15, -0.1) is 0 Å². The van der Waals surface area contributed by atoms with Gasteiger partial charge in [0.1, 0.15) is 0 Å². The Bertz CT molecular complexity index is 745. The van der Waals surface area contributed by atoms with Crippen LogP contribution in [0, 0.1) is 0 Å². The fourth-order valence-corrected chi connectivity index (χ4v) is 3.42. The summed E-state index contributed by atoms with van der Waals surface area (Å²) in [5.41, 5.74) is 0. The standard InChI is InChI=1S/2C18H28O2.Ca/c2*1-2-3-4-5-6-7-8-9-10-11-12-13-14-15-16-17-18(19)20;/h2*3-10H,2,11-17H2,1H3,(H,19,20);/q;;+2/p-2. The molecule has 0 saturated carbocycles. The summed E-state index contributed by atoms with van der Waals surface area (Å²) < 4.78 is 0. The maximum atomic E-state index is 10.2. The molecule has 41 heavy (non-hydrogen) atoms. The number of carboxylic acid groups (broad SMARTS) is 2. The Kier molecular flexibility index (Phi) is 42.8. The summed E-state index contributed by atoms with van der Waals surface area (Å²) in [6.07, 6.45) is 48.2. The maximum Gasteiger partial charge on any atom is 2.00 e. The fraction of sp³-hybridized carbons (Fsp3) is 0.500. The molecule has 0 fully saturated rings. The van der Waals surface area contributed by atoms with E-state index < -0.39 is 11.9 Å². The number of carbonyl (C=O) groups is 2. The Hall–Kier alpha value is -1.88. The minimum Gasteiger partial charge on any atom is -0.550 e. The molecule has 0 saturated heterocycles. The molecular weight excluding hydrogens is 536 g/mol. The van der Waals surface area contributed by atoms with Gasteiger partial charge < -0.3 is 19.8 Å². The summed E-state index contributed by atoms with van der Waals surface area (Å²) in [5.74, 6) is -1.86. The zero-order chi connectivity index (χ0) is 29.8. The molecule has 0 N–H and O–H groups in total. The molecule has 0 aromatic rings. The van der Waals surface area contributed by atoms with Gasteiger partial charge in [0, 0.05) is 11.9 Å². The van der Waals surface area contributed by atoms with E-state index in [9.17, 15) is 19.8 Å². The second kappa shape index (κ2) is 40.3. The third-order valence-corrected chi connectivity index (χ3v) is 5.63. The predicted octanol–water partition coefficient (Wildman–Crippen LogP) is 7.82. The number of carbonyl (C=O) groups excluding carboxylic acids is 2. The summed E-state index contributed by atoms with van der Waals surface area (Å²) in [6, 6.07) is 0. The molecule has 0 atom stereocenters. The molecule has 0 aliphatic rings. The van der Waals surface area contributed by atoms with Gasteiger partial charge in [0.15, 0.2) is 0 Å². The van der Waals surface area contributed by atoms with Crippen molar-refractivity contribution in [3.8, 4) is 0 Å². The topological polar surface area (TPSA) is 80.3 Å². The first-order chi connectivity index (χ1) is 19.5. The third kappa shape index (κ3) is 48.2. The molecule has 0 bridgehead atoms. The van der Waals surface area contributed by atoms with E-state index in [1.807, 2.05) is 48.6 Å². The molecule has 0 aliphatic heterocycles. The van der Waals surface area contributed by atoms with E-state index in [1.54, 1.807) is 0 Å². The summed E-state index contributed by atoms with van der Waals surface area (Å²) in [7, 11) is 0. The largest absolute Gasteiger partial charge is 2.00 e. The van der Waals surface area contributed by atoms with Gasteiger partial charge in [-0.2, -0.15) is 0 Å². The SMILES string of the molecule is CCC=CC=CC=CC=CCCCCCCCC(=O)[O-].CCC=CC=CC=CC=CCCCCCCCC(=O)[O-].[Ca+2]. The van der Waals surface area contributed by atoms with E-state index in [4.69, 9.17) is 0 Å². The Morgan fingerprint density at radius 3 is 1.00 bits per heavy atom. The molecule has 0 aromatic carbocycles. The average Bonchev–Trinajstić information content (AvgIpc) is 2.93. The number of hydrogen-bond acceptors (Lipinski definition) is 4. The van der Waals surface area contributed by atoms with Crippen LogP contribution in [0.1, 0.15) is 117 Å². The van der Waals surface area contributed by atoms with Gasteiger partial charge in [-0.3, -0.25) is 0 Å². The summed E-state index contributed by atoms with van der Waals surface area (Å²) in [6.45, 7) is 4.23. The van der Waals surface area contributed by atoms with Gasteiger partial charge in [0.25, 0.3) is 0 Å². The minimum atomic E-state index is -0.932. The van der Waals surface area contributed by atoms with Crippen LogP contribution in [0.4, 0.5) is 0 Å². The van der Waals surface area contributed by atoms with E-state index in [1.165, 1.54) is 25.7 Å². The molecule has 0 unspecified atom stereocenters. The van der Waals surface area contributed by atoms with E-state index >= 15 is 0 Å². The van der Waals surface area contributed by atoms with Gasteiger partial charge in [0.05, 0.1) is 0 Å². The molecule has 0 radical (unpaired) electrons. The average molecular weight is 591 g/mol. The quantitative estimate of drug-likeness (QED) is 0.0652. The van der Waals surface area contributed by atoms with Gasteiger partial charge in [0.2, 0.25) is 0 Å². The molecule has 224 valence electrons. The van der Waals surface area contributed by atoms with E-state index in [0.29, 0.717) is 0 Å². The molecule has 0 aliphatic carbocycles. The van der Waals surface area contributed by atoms with Gasteiger partial charge >= 0.3 is 37.7 Å². The third-order valence-electron chi connectivity index (χ3n) is 5.63. The van der Waals surface area contributed by atoms with Crippen LogP contribution < -0.4 is 10.2 Å². The Morgan fingerprint density at radius 2 is 0.683 bits per heavy atom. The van der Waals surface area contributed by atoms with Crippen LogP contribution in [0.5, 0.6) is 0 Å². The molecular formula is C36H54CaO4. The van der Waals surface area contributed by atoms with Crippen molar-refractivity contribution in [2.45, 2.75) is 117 Å². The van der Waals surface area contributed by atoms with Crippen molar-refractivity contribution in [3.63, 3.8) is 0 Å². The van der Waals surface area contributed by atoms with Gasteiger partial charge in [-0.1, -0.05) is 150 Å². The normalized spacial score (nSPS) is 12.1. The smallest absolute Gasteiger partial charge is 0.550 e. The molecule has 0 rings (SSSR count). The van der Waals surface area contributed by atoms with Crippen molar-refractivity contribution in [2.75, 3.05) is 0 Å². The van der Waals surface area contributed by atoms with Crippen molar-refractivity contribution in [1.82, 2.24) is 0 Å². The molecule has 0 heterocycles.